The van der Waals surface area contributed by atoms with E-state index in [0.29, 0.717) is 19.6 Å². The number of hydrogen-bond acceptors (Lipinski definition) is 3. The summed E-state index contributed by atoms with van der Waals surface area (Å²) in [5.41, 5.74) is 6.65. The predicted molar refractivity (Wildman–Crippen MR) is 71.1 cm³/mol. The van der Waals surface area contributed by atoms with E-state index in [4.69, 9.17) is 15.2 Å². The third-order valence-corrected chi connectivity index (χ3v) is 2.72. The zero-order valence-corrected chi connectivity index (χ0v) is 11.0. The molecule has 3 nitrogen and oxygen atoms in total. The zero-order valence-electron chi connectivity index (χ0n) is 11.0. The van der Waals surface area contributed by atoms with Crippen molar-refractivity contribution in [2.45, 2.75) is 25.7 Å². The number of benzene rings is 1. The summed E-state index contributed by atoms with van der Waals surface area (Å²) >= 11 is 0. The average molecular weight is 255 g/mol. The van der Waals surface area contributed by atoms with E-state index in [1.807, 2.05) is 18.2 Å². The second-order valence-electron chi connectivity index (χ2n) is 4.11. The normalized spacial score (nSPS) is 10.4. The van der Waals surface area contributed by atoms with Gasteiger partial charge in [-0.05, 0) is 43.9 Å². The molecule has 0 amide bonds. The van der Waals surface area contributed by atoms with Crippen LogP contribution in [0.15, 0.2) is 18.2 Å². The molecule has 1 rings (SSSR count). The van der Waals surface area contributed by atoms with Crippen molar-refractivity contribution in [3.8, 4) is 11.5 Å². The van der Waals surface area contributed by atoms with Gasteiger partial charge in [-0.25, -0.2) is 0 Å². The van der Waals surface area contributed by atoms with Crippen LogP contribution in [0, 0.1) is 0 Å². The van der Waals surface area contributed by atoms with Crippen molar-refractivity contribution in [2.24, 2.45) is 5.73 Å². The summed E-state index contributed by atoms with van der Waals surface area (Å²) in [5.74, 6) is 1.59. The van der Waals surface area contributed by atoms with E-state index in [1.165, 1.54) is 0 Å². The third-order valence-electron chi connectivity index (χ3n) is 2.72. The molecule has 2 N–H and O–H groups in total. The number of halogens is 1. The molecule has 0 heterocycles. The minimum atomic E-state index is -0.252. The van der Waals surface area contributed by atoms with Gasteiger partial charge in [0.1, 0.15) is 11.5 Å². The summed E-state index contributed by atoms with van der Waals surface area (Å²) in [7, 11) is 1.63. The smallest absolute Gasteiger partial charge is 0.126 e. The van der Waals surface area contributed by atoms with Crippen LogP contribution in [0.3, 0.4) is 0 Å². The molecule has 0 atom stereocenters. The summed E-state index contributed by atoms with van der Waals surface area (Å²) in [6, 6.07) is 5.75. The van der Waals surface area contributed by atoms with E-state index in [9.17, 15) is 4.39 Å². The number of ether oxygens (including phenoxy) is 2. The van der Waals surface area contributed by atoms with Gasteiger partial charge in [0.25, 0.3) is 0 Å². The van der Waals surface area contributed by atoms with Crippen molar-refractivity contribution in [3.05, 3.63) is 23.8 Å². The molecule has 18 heavy (non-hydrogen) atoms. The number of unbranched alkanes of at least 4 members (excludes halogenated alkanes) is 2. The number of nitrogens with two attached hydrogens (primary N) is 1. The quantitative estimate of drug-likeness (QED) is 0.690. The fourth-order valence-electron chi connectivity index (χ4n) is 1.71. The molecule has 4 heteroatoms. The van der Waals surface area contributed by atoms with Gasteiger partial charge in [-0.1, -0.05) is 6.07 Å². The molecule has 0 unspecified atom stereocenters. The Bertz CT molecular complexity index is 345. The number of hydrogen-bond donors (Lipinski definition) is 1. The van der Waals surface area contributed by atoms with Gasteiger partial charge in [-0.15, -0.1) is 0 Å². The molecule has 0 aromatic heterocycles. The van der Waals surface area contributed by atoms with Crippen LogP contribution in [0.4, 0.5) is 4.39 Å². The molecule has 0 aliphatic rings. The molecular formula is C14H22FNO2. The molecule has 1 aromatic rings. The lowest BCUT2D eigenvalue weighted by atomic mass is 10.1. The van der Waals surface area contributed by atoms with Crippen LogP contribution in [-0.2, 0) is 6.42 Å². The number of alkyl halides is 1. The Morgan fingerprint density at radius 1 is 1.22 bits per heavy atom. The monoisotopic (exact) mass is 255 g/mol. The zero-order chi connectivity index (χ0) is 13.2. The summed E-state index contributed by atoms with van der Waals surface area (Å²) in [5, 5.41) is 0. The van der Waals surface area contributed by atoms with E-state index >= 15 is 0 Å². The first kappa shape index (κ1) is 14.8. The van der Waals surface area contributed by atoms with Crippen molar-refractivity contribution in [1.29, 1.82) is 0 Å². The van der Waals surface area contributed by atoms with Crippen LogP contribution < -0.4 is 15.2 Å². The Hall–Kier alpha value is -1.29. The standard InChI is InChI=1S/C14H22FNO2/c1-17-13-6-5-12(7-9-16)14(11-13)18-10-4-2-3-8-15/h5-6,11H,2-4,7-10,16H2,1H3. The van der Waals surface area contributed by atoms with Crippen molar-refractivity contribution in [3.63, 3.8) is 0 Å². The third kappa shape index (κ3) is 4.92. The maximum absolute atomic E-state index is 11.9. The van der Waals surface area contributed by atoms with Crippen molar-refractivity contribution >= 4 is 0 Å². The highest BCUT2D eigenvalue weighted by Crippen LogP contribution is 2.25. The van der Waals surface area contributed by atoms with Crippen molar-refractivity contribution in [1.82, 2.24) is 0 Å². The van der Waals surface area contributed by atoms with Gasteiger partial charge in [0.05, 0.1) is 20.4 Å². The largest absolute Gasteiger partial charge is 0.497 e. The molecule has 0 fully saturated rings. The maximum atomic E-state index is 11.9. The van der Waals surface area contributed by atoms with Crippen LogP contribution in [0.5, 0.6) is 11.5 Å². The summed E-state index contributed by atoms with van der Waals surface area (Å²) in [6.45, 7) is 0.937. The summed E-state index contributed by atoms with van der Waals surface area (Å²) in [6.07, 6.45) is 3.11. The number of methoxy groups -OCH3 is 1. The van der Waals surface area contributed by atoms with Gasteiger partial charge in [0.2, 0.25) is 0 Å². The highest BCUT2D eigenvalue weighted by molar-refractivity contribution is 5.40. The first-order valence-electron chi connectivity index (χ1n) is 6.37. The highest BCUT2D eigenvalue weighted by atomic mass is 19.1. The molecule has 0 aliphatic carbocycles. The first-order chi connectivity index (χ1) is 8.81. The van der Waals surface area contributed by atoms with E-state index in [-0.39, 0.29) is 6.67 Å². The molecule has 1 aromatic carbocycles. The van der Waals surface area contributed by atoms with Gasteiger partial charge in [-0.2, -0.15) is 0 Å². The fourth-order valence-corrected chi connectivity index (χ4v) is 1.71. The minimum absolute atomic E-state index is 0.252. The van der Waals surface area contributed by atoms with Crippen LogP contribution in [0.2, 0.25) is 0 Å². The van der Waals surface area contributed by atoms with Crippen LogP contribution in [-0.4, -0.2) is 26.9 Å². The molecule has 102 valence electrons. The van der Waals surface area contributed by atoms with Gasteiger partial charge >= 0.3 is 0 Å². The maximum Gasteiger partial charge on any atom is 0.126 e. The molecule has 0 bridgehead atoms. The molecule has 0 radical (unpaired) electrons. The Morgan fingerprint density at radius 2 is 2.06 bits per heavy atom. The number of rotatable bonds is 9. The fraction of sp³-hybridized carbons (Fsp3) is 0.571. The molecule has 0 saturated carbocycles. The summed E-state index contributed by atoms with van der Waals surface area (Å²) in [4.78, 5) is 0. The van der Waals surface area contributed by atoms with Crippen LogP contribution in [0.25, 0.3) is 0 Å². The van der Waals surface area contributed by atoms with E-state index in [0.717, 1.165) is 36.3 Å². The lowest BCUT2D eigenvalue weighted by Crippen LogP contribution is -2.06. The SMILES string of the molecule is COc1ccc(CCN)c(OCCCCCF)c1. The van der Waals surface area contributed by atoms with Gasteiger partial charge in [0, 0.05) is 6.07 Å². The van der Waals surface area contributed by atoms with Gasteiger partial charge < -0.3 is 15.2 Å². The Kier molecular flexibility index (Phi) is 7.18. The Balaban J connectivity index is 2.54. The predicted octanol–water partition coefficient (Wildman–Crippen LogP) is 2.72. The summed E-state index contributed by atoms with van der Waals surface area (Å²) < 4.78 is 22.8. The Morgan fingerprint density at radius 3 is 2.72 bits per heavy atom. The lowest BCUT2D eigenvalue weighted by molar-refractivity contribution is 0.296. The van der Waals surface area contributed by atoms with Crippen LogP contribution >= 0.6 is 0 Å². The first-order valence-corrected chi connectivity index (χ1v) is 6.37. The average Bonchev–Trinajstić information content (AvgIpc) is 2.40. The molecule has 0 saturated heterocycles. The van der Waals surface area contributed by atoms with Gasteiger partial charge in [-0.3, -0.25) is 4.39 Å². The lowest BCUT2D eigenvalue weighted by Gasteiger charge is -2.12. The second-order valence-corrected chi connectivity index (χ2v) is 4.11. The van der Waals surface area contributed by atoms with E-state index < -0.39 is 0 Å². The van der Waals surface area contributed by atoms with E-state index in [2.05, 4.69) is 0 Å². The van der Waals surface area contributed by atoms with E-state index in [1.54, 1.807) is 7.11 Å². The highest BCUT2D eigenvalue weighted by Gasteiger charge is 2.05. The van der Waals surface area contributed by atoms with Crippen LogP contribution in [0.1, 0.15) is 24.8 Å². The molecule has 0 aliphatic heterocycles. The minimum Gasteiger partial charge on any atom is -0.497 e. The van der Waals surface area contributed by atoms with Crippen molar-refractivity contribution in [2.75, 3.05) is 26.9 Å². The topological polar surface area (TPSA) is 44.5 Å². The van der Waals surface area contributed by atoms with Gasteiger partial charge in [0.15, 0.2) is 0 Å². The van der Waals surface area contributed by atoms with Crippen molar-refractivity contribution < 1.29 is 13.9 Å². The molecule has 0 spiro atoms. The second kappa shape index (κ2) is 8.75. The molecular weight excluding hydrogens is 233 g/mol. The Labute approximate surface area is 108 Å².